The Morgan fingerprint density at radius 3 is 1.75 bits per heavy atom. The van der Waals surface area contributed by atoms with E-state index < -0.39 is 0 Å². The fraction of sp³-hybridized carbons (Fsp3) is 0.800. The van der Waals surface area contributed by atoms with Gasteiger partial charge in [0.1, 0.15) is 0 Å². The van der Waals surface area contributed by atoms with E-state index in [0.717, 1.165) is 0 Å². The van der Waals surface area contributed by atoms with Gasteiger partial charge in [0.15, 0.2) is 0 Å². The molecule has 0 saturated carbocycles. The van der Waals surface area contributed by atoms with Crippen LogP contribution in [0.4, 0.5) is 0 Å². The van der Waals surface area contributed by atoms with Crippen molar-refractivity contribution in [2.45, 2.75) is 25.5 Å². The second kappa shape index (κ2) is 5.34. The van der Waals surface area contributed by atoms with Crippen LogP contribution in [0.3, 0.4) is 0 Å². The molecular weight excluding hydrogens is 213 g/mol. The molecule has 45 valence electrons. The molecule has 0 saturated heterocycles. The van der Waals surface area contributed by atoms with Crippen molar-refractivity contribution < 1.29 is 32.7 Å². The molecule has 0 aromatic rings. The topological polar surface area (TPSA) is 0 Å². The Morgan fingerprint density at radius 1 is 1.38 bits per heavy atom. The average molecular weight is 222 g/mol. The molecule has 0 aromatic carbocycles. The maximum atomic E-state index is 4.51. The first-order valence-electron chi connectivity index (χ1n) is 2.11. The van der Waals surface area contributed by atoms with E-state index in [9.17, 15) is 0 Å². The number of hydrogen-bond acceptors (Lipinski definition) is 2. The summed E-state index contributed by atoms with van der Waals surface area (Å²) in [5.41, 5.74) is 0. The zero-order valence-corrected chi connectivity index (χ0v) is 9.87. The van der Waals surface area contributed by atoms with Gasteiger partial charge in [0.2, 0.25) is 0 Å². The minimum Gasteiger partial charge on any atom is -0.361 e. The maximum Gasteiger partial charge on any atom is 0 e. The van der Waals surface area contributed by atoms with Crippen molar-refractivity contribution in [2.75, 3.05) is 0 Å². The SMILES string of the molecule is CC(C)(C)S[C-]=S.[Y]. The van der Waals surface area contributed by atoms with Crippen LogP contribution in [0.15, 0.2) is 0 Å². The summed E-state index contributed by atoms with van der Waals surface area (Å²) in [6.07, 6.45) is 0. The van der Waals surface area contributed by atoms with Crippen molar-refractivity contribution in [3.8, 4) is 0 Å². The van der Waals surface area contributed by atoms with E-state index >= 15 is 0 Å². The molecule has 0 atom stereocenters. The monoisotopic (exact) mass is 222 g/mol. The van der Waals surface area contributed by atoms with Gasteiger partial charge in [-0.25, -0.2) is 0 Å². The summed E-state index contributed by atoms with van der Waals surface area (Å²) >= 11 is 6.07. The molecule has 0 amide bonds. The van der Waals surface area contributed by atoms with Gasteiger partial charge in [-0.1, -0.05) is 20.8 Å². The standard InChI is InChI=1S/C5H9S2.Y/c1-5(2,3)7-4-6;/h1-3H3;/q-1;. The van der Waals surface area contributed by atoms with Gasteiger partial charge >= 0.3 is 0 Å². The van der Waals surface area contributed by atoms with Gasteiger partial charge in [-0.3, -0.25) is 0 Å². The second-order valence-corrected chi connectivity index (χ2v) is 4.39. The first-order valence-corrected chi connectivity index (χ1v) is 3.34. The van der Waals surface area contributed by atoms with Crippen molar-refractivity contribution in [3.05, 3.63) is 0 Å². The second-order valence-electron chi connectivity index (χ2n) is 2.30. The zero-order chi connectivity index (χ0) is 5.91. The zero-order valence-electron chi connectivity index (χ0n) is 5.39. The van der Waals surface area contributed by atoms with Crippen molar-refractivity contribution in [1.29, 1.82) is 0 Å². The van der Waals surface area contributed by atoms with Crippen LogP contribution in [0.1, 0.15) is 20.8 Å². The van der Waals surface area contributed by atoms with Gasteiger partial charge in [-0.2, -0.15) is 0 Å². The molecular formula is C5H9S2Y-. The summed E-state index contributed by atoms with van der Waals surface area (Å²) in [4.78, 5) is 0. The van der Waals surface area contributed by atoms with Crippen molar-refractivity contribution in [3.63, 3.8) is 0 Å². The van der Waals surface area contributed by atoms with Gasteiger partial charge in [0.05, 0.1) is 0 Å². The predicted molar refractivity (Wildman–Crippen MR) is 39.9 cm³/mol. The van der Waals surface area contributed by atoms with Crippen molar-refractivity contribution in [2.24, 2.45) is 0 Å². The molecule has 0 aromatic heterocycles. The van der Waals surface area contributed by atoms with E-state index in [1.54, 1.807) is 11.8 Å². The number of rotatable bonds is 1. The Morgan fingerprint density at radius 2 is 1.75 bits per heavy atom. The molecule has 3 heteroatoms. The fourth-order valence-electron chi connectivity index (χ4n) is 0.125. The Labute approximate surface area is 86.1 Å². The molecule has 0 N–H and O–H groups in total. The molecule has 0 unspecified atom stereocenters. The van der Waals surface area contributed by atoms with Crippen molar-refractivity contribution >= 4 is 28.7 Å². The summed E-state index contributed by atoms with van der Waals surface area (Å²) < 4.78 is 2.86. The molecule has 1 radical (unpaired) electrons. The quantitative estimate of drug-likeness (QED) is 0.493. The summed E-state index contributed by atoms with van der Waals surface area (Å²) in [6, 6.07) is 0. The third-order valence-electron chi connectivity index (χ3n) is 0.348. The van der Waals surface area contributed by atoms with Gasteiger partial charge in [-0.15, -0.1) is 0 Å². The van der Waals surface area contributed by atoms with Crippen LogP contribution >= 0.6 is 24.0 Å². The summed E-state index contributed by atoms with van der Waals surface area (Å²) in [5.74, 6) is 0. The fourth-order valence-corrected chi connectivity index (χ4v) is 1.12. The number of thioether (sulfide) groups is 1. The molecule has 0 aliphatic carbocycles. The average Bonchev–Trinajstić information content (AvgIpc) is 1.30. The van der Waals surface area contributed by atoms with E-state index in [1.165, 1.54) is 0 Å². The van der Waals surface area contributed by atoms with Crippen LogP contribution in [0.2, 0.25) is 0 Å². The number of hydrogen-bond donors (Lipinski definition) is 0. The van der Waals surface area contributed by atoms with E-state index in [0.29, 0.717) is 0 Å². The Kier molecular flexibility index (Phi) is 8.17. The molecule has 0 rings (SSSR count). The Bertz CT molecular complexity index is 65.3. The molecule has 0 nitrogen and oxygen atoms in total. The molecule has 0 aliphatic heterocycles. The number of thiocarbonyl (C=S) groups is 1. The third kappa shape index (κ3) is 10.5. The predicted octanol–water partition coefficient (Wildman–Crippen LogP) is 2.35. The molecule has 0 bridgehead atoms. The van der Waals surface area contributed by atoms with Gasteiger partial charge < -0.3 is 28.7 Å². The maximum absolute atomic E-state index is 4.51. The van der Waals surface area contributed by atoms with Gasteiger partial charge in [-0.05, 0) is 4.75 Å². The minimum absolute atomic E-state index is 0. The van der Waals surface area contributed by atoms with E-state index in [4.69, 9.17) is 0 Å². The van der Waals surface area contributed by atoms with E-state index in [1.807, 2.05) is 0 Å². The summed E-state index contributed by atoms with van der Waals surface area (Å²) in [7, 11) is 0. The largest absolute Gasteiger partial charge is 0.361 e. The Balaban J connectivity index is 0. The van der Waals surface area contributed by atoms with Crippen LogP contribution in [-0.2, 0) is 32.7 Å². The van der Waals surface area contributed by atoms with Gasteiger partial charge in [0, 0.05) is 32.7 Å². The summed E-state index contributed by atoms with van der Waals surface area (Å²) in [5, 5.41) is 0. The van der Waals surface area contributed by atoms with Crippen LogP contribution < -0.4 is 0 Å². The smallest absolute Gasteiger partial charge is 0 e. The van der Waals surface area contributed by atoms with E-state index in [2.05, 4.69) is 37.7 Å². The van der Waals surface area contributed by atoms with E-state index in [-0.39, 0.29) is 37.5 Å². The first kappa shape index (κ1) is 12.2. The summed E-state index contributed by atoms with van der Waals surface area (Å²) in [6.45, 7) is 6.32. The third-order valence-corrected chi connectivity index (χ3v) is 1.29. The van der Waals surface area contributed by atoms with Crippen LogP contribution in [0, 0.1) is 0 Å². The first-order chi connectivity index (χ1) is 3.06. The van der Waals surface area contributed by atoms with Gasteiger partial charge in [0.25, 0.3) is 0 Å². The van der Waals surface area contributed by atoms with Crippen LogP contribution in [0.25, 0.3) is 0 Å². The molecule has 0 heterocycles. The molecule has 0 fully saturated rings. The minimum atomic E-state index is 0. The molecule has 0 spiro atoms. The van der Waals surface area contributed by atoms with Crippen LogP contribution in [-0.4, -0.2) is 9.45 Å². The van der Waals surface area contributed by atoms with Crippen LogP contribution in [0.5, 0.6) is 0 Å². The van der Waals surface area contributed by atoms with Crippen molar-refractivity contribution in [1.82, 2.24) is 0 Å². The normalized spacial score (nSPS) is 9.88. The Hall–Kier alpha value is 1.54. The molecule has 8 heavy (non-hydrogen) atoms. The molecule has 0 aliphatic rings.